The highest BCUT2D eigenvalue weighted by atomic mass is 16.6. The normalized spacial score (nSPS) is 9.62. The Kier molecular flexibility index (Phi) is 4.44. The highest BCUT2D eigenvalue weighted by Gasteiger charge is 2.05. The zero-order valence-corrected chi connectivity index (χ0v) is 9.23. The maximum atomic E-state index is 10.9. The Morgan fingerprint density at radius 3 is 2.75 bits per heavy atom. The Balaban J connectivity index is 2.67. The number of methoxy groups -OCH3 is 1. The first-order valence-corrected chi connectivity index (χ1v) is 4.75. The zero-order chi connectivity index (χ0) is 12.0. The summed E-state index contributed by atoms with van der Waals surface area (Å²) in [6, 6.07) is 5.24. The van der Waals surface area contributed by atoms with Crippen molar-refractivity contribution in [2.75, 3.05) is 13.7 Å². The van der Waals surface area contributed by atoms with Crippen LogP contribution in [-0.4, -0.2) is 19.7 Å². The number of benzene rings is 1. The molecule has 0 N–H and O–H groups in total. The van der Waals surface area contributed by atoms with E-state index in [4.69, 9.17) is 4.74 Å². The van der Waals surface area contributed by atoms with Crippen LogP contribution in [-0.2, 0) is 16.1 Å². The standard InChI is InChI=1S/C11H13NO4/c1-8-5-9(6-12-14)3-4-10(8)16-7-11(13)15-2/h3-5H,6-7H2,1-2H3. The van der Waals surface area contributed by atoms with Crippen LogP contribution in [0.4, 0.5) is 0 Å². The molecule has 16 heavy (non-hydrogen) atoms. The molecular weight excluding hydrogens is 210 g/mol. The summed E-state index contributed by atoms with van der Waals surface area (Å²) < 4.78 is 9.69. The minimum absolute atomic E-state index is 0.122. The van der Waals surface area contributed by atoms with Gasteiger partial charge in [-0.2, -0.15) is 4.91 Å². The van der Waals surface area contributed by atoms with Gasteiger partial charge in [-0.15, -0.1) is 0 Å². The van der Waals surface area contributed by atoms with Crippen LogP contribution in [0.15, 0.2) is 23.4 Å². The van der Waals surface area contributed by atoms with Crippen molar-refractivity contribution in [1.29, 1.82) is 0 Å². The first kappa shape index (κ1) is 12.2. The first-order chi connectivity index (χ1) is 7.67. The number of rotatable bonds is 5. The van der Waals surface area contributed by atoms with E-state index in [1.165, 1.54) is 7.11 Å². The minimum Gasteiger partial charge on any atom is -0.482 e. The topological polar surface area (TPSA) is 65.0 Å². The van der Waals surface area contributed by atoms with Gasteiger partial charge in [0.1, 0.15) is 12.3 Å². The van der Waals surface area contributed by atoms with Crippen molar-refractivity contribution in [3.8, 4) is 5.75 Å². The lowest BCUT2D eigenvalue weighted by atomic mass is 10.1. The Hall–Kier alpha value is -1.91. The number of nitrogens with zero attached hydrogens (tertiary/aromatic N) is 1. The van der Waals surface area contributed by atoms with Crippen molar-refractivity contribution in [2.45, 2.75) is 13.5 Å². The zero-order valence-electron chi connectivity index (χ0n) is 9.23. The Morgan fingerprint density at radius 1 is 1.44 bits per heavy atom. The molecule has 0 fully saturated rings. The van der Waals surface area contributed by atoms with Crippen LogP contribution in [0.1, 0.15) is 11.1 Å². The van der Waals surface area contributed by atoms with Crippen LogP contribution in [0.5, 0.6) is 5.75 Å². The Bertz CT molecular complexity index is 390. The van der Waals surface area contributed by atoms with Gasteiger partial charge in [0.2, 0.25) is 0 Å². The van der Waals surface area contributed by atoms with E-state index in [2.05, 4.69) is 9.91 Å². The van der Waals surface area contributed by atoms with E-state index in [1.54, 1.807) is 18.2 Å². The molecule has 0 aliphatic rings. The minimum atomic E-state index is -0.432. The molecular formula is C11H13NO4. The molecule has 86 valence electrons. The number of esters is 1. The summed E-state index contributed by atoms with van der Waals surface area (Å²) >= 11 is 0. The molecule has 0 saturated heterocycles. The smallest absolute Gasteiger partial charge is 0.343 e. The Labute approximate surface area is 93.3 Å². The molecule has 0 radical (unpaired) electrons. The third-order valence-electron chi connectivity index (χ3n) is 2.06. The average molecular weight is 223 g/mol. The highest BCUT2D eigenvalue weighted by molar-refractivity contribution is 5.70. The molecule has 0 aliphatic carbocycles. The molecule has 1 aromatic carbocycles. The fourth-order valence-electron chi connectivity index (χ4n) is 1.24. The van der Waals surface area contributed by atoms with E-state index in [0.717, 1.165) is 11.1 Å². The second-order valence-electron chi connectivity index (χ2n) is 3.25. The van der Waals surface area contributed by atoms with Crippen molar-refractivity contribution >= 4 is 5.97 Å². The molecule has 1 aromatic rings. The molecule has 5 nitrogen and oxygen atoms in total. The van der Waals surface area contributed by atoms with Crippen LogP contribution in [0.2, 0.25) is 0 Å². The van der Waals surface area contributed by atoms with Gasteiger partial charge in [0.15, 0.2) is 6.61 Å². The van der Waals surface area contributed by atoms with E-state index in [9.17, 15) is 9.70 Å². The van der Waals surface area contributed by atoms with Gasteiger partial charge in [0, 0.05) is 0 Å². The van der Waals surface area contributed by atoms with Crippen LogP contribution < -0.4 is 4.74 Å². The lowest BCUT2D eigenvalue weighted by Crippen LogP contribution is -2.13. The van der Waals surface area contributed by atoms with Crippen LogP contribution in [0.25, 0.3) is 0 Å². The molecule has 0 bridgehead atoms. The van der Waals surface area contributed by atoms with E-state index in [0.29, 0.717) is 5.75 Å². The predicted molar refractivity (Wildman–Crippen MR) is 58.2 cm³/mol. The van der Waals surface area contributed by atoms with Crippen molar-refractivity contribution in [1.82, 2.24) is 0 Å². The van der Waals surface area contributed by atoms with Gasteiger partial charge in [0.25, 0.3) is 0 Å². The number of ether oxygens (including phenoxy) is 2. The second kappa shape index (κ2) is 5.85. The van der Waals surface area contributed by atoms with Gasteiger partial charge in [-0.05, 0) is 24.1 Å². The monoisotopic (exact) mass is 223 g/mol. The van der Waals surface area contributed by atoms with Crippen molar-refractivity contribution in [3.63, 3.8) is 0 Å². The predicted octanol–water partition coefficient (Wildman–Crippen LogP) is 1.81. The number of aryl methyl sites for hydroxylation is 1. The van der Waals surface area contributed by atoms with E-state index >= 15 is 0 Å². The lowest BCUT2D eigenvalue weighted by molar-refractivity contribution is -0.142. The molecule has 1 rings (SSSR count). The summed E-state index contributed by atoms with van der Waals surface area (Å²) in [6.45, 7) is 1.85. The fraction of sp³-hybridized carbons (Fsp3) is 0.364. The molecule has 5 heteroatoms. The van der Waals surface area contributed by atoms with E-state index in [1.807, 2.05) is 6.92 Å². The number of carbonyl (C=O) groups excluding carboxylic acids is 1. The molecule has 0 amide bonds. The summed E-state index contributed by atoms with van der Waals surface area (Å²) in [7, 11) is 1.30. The van der Waals surface area contributed by atoms with Crippen LogP contribution in [0, 0.1) is 11.8 Å². The molecule has 0 unspecified atom stereocenters. The second-order valence-corrected chi connectivity index (χ2v) is 3.25. The lowest BCUT2D eigenvalue weighted by Gasteiger charge is -2.08. The van der Waals surface area contributed by atoms with E-state index in [-0.39, 0.29) is 13.2 Å². The molecule has 0 saturated carbocycles. The number of hydrogen-bond donors (Lipinski definition) is 0. The summed E-state index contributed by atoms with van der Waals surface area (Å²) in [4.78, 5) is 20.9. The van der Waals surface area contributed by atoms with Crippen molar-refractivity contribution in [2.24, 2.45) is 5.18 Å². The SMILES string of the molecule is COC(=O)COc1ccc(CN=O)cc1C. The largest absolute Gasteiger partial charge is 0.482 e. The number of carbonyl (C=O) groups is 1. The van der Waals surface area contributed by atoms with Gasteiger partial charge in [-0.1, -0.05) is 17.3 Å². The Morgan fingerprint density at radius 2 is 2.19 bits per heavy atom. The fourth-order valence-corrected chi connectivity index (χ4v) is 1.24. The van der Waals surface area contributed by atoms with Crippen molar-refractivity contribution < 1.29 is 14.3 Å². The van der Waals surface area contributed by atoms with Crippen LogP contribution >= 0.6 is 0 Å². The maximum Gasteiger partial charge on any atom is 0.343 e. The number of hydrogen-bond acceptors (Lipinski definition) is 5. The van der Waals surface area contributed by atoms with Crippen LogP contribution in [0.3, 0.4) is 0 Å². The molecule has 0 heterocycles. The third kappa shape index (κ3) is 3.34. The molecule has 0 aromatic heterocycles. The van der Waals surface area contributed by atoms with E-state index < -0.39 is 5.97 Å². The summed E-state index contributed by atoms with van der Waals surface area (Å²) in [6.07, 6.45) is 0. The van der Waals surface area contributed by atoms with Gasteiger partial charge >= 0.3 is 5.97 Å². The first-order valence-electron chi connectivity index (χ1n) is 4.75. The molecule has 0 spiro atoms. The summed E-state index contributed by atoms with van der Waals surface area (Å²) in [5.74, 6) is 0.165. The van der Waals surface area contributed by atoms with Gasteiger partial charge in [-0.25, -0.2) is 4.79 Å². The highest BCUT2D eigenvalue weighted by Crippen LogP contribution is 2.19. The van der Waals surface area contributed by atoms with Gasteiger partial charge in [0.05, 0.1) is 7.11 Å². The third-order valence-corrected chi connectivity index (χ3v) is 2.06. The van der Waals surface area contributed by atoms with Gasteiger partial charge in [-0.3, -0.25) is 0 Å². The summed E-state index contributed by atoms with van der Waals surface area (Å²) in [5, 5.41) is 2.80. The molecule has 0 aliphatic heterocycles. The van der Waals surface area contributed by atoms with Crippen molar-refractivity contribution in [3.05, 3.63) is 34.2 Å². The molecule has 0 atom stereocenters. The summed E-state index contributed by atoms with van der Waals surface area (Å²) in [5.41, 5.74) is 1.67. The van der Waals surface area contributed by atoms with Gasteiger partial charge < -0.3 is 9.47 Å². The maximum absolute atomic E-state index is 10.9. The number of nitroso groups, excluding NO2 is 1. The quantitative estimate of drug-likeness (QED) is 0.564. The average Bonchev–Trinajstić information content (AvgIpc) is 2.28.